The number of aromatic nitrogens is 2. The highest BCUT2D eigenvalue weighted by molar-refractivity contribution is 5.63. The molecule has 2 aliphatic heterocycles. The normalized spacial score (nSPS) is 24.3. The van der Waals surface area contributed by atoms with Crippen molar-refractivity contribution in [2.45, 2.75) is 63.6 Å². The number of anilines is 3. The van der Waals surface area contributed by atoms with Crippen LogP contribution in [0.1, 0.15) is 44.2 Å². The number of halogens is 3. The SMILES string of the molecule is Cc1c(C#N)cccc1Nc1ncc(F)c(N[C@H]2C[C@@H]3CC(F)(F)CN3C(C)(C)C2)n1. The Labute approximate surface area is 179 Å². The molecule has 2 aromatic rings. The summed E-state index contributed by atoms with van der Waals surface area (Å²) >= 11 is 0. The maximum Gasteiger partial charge on any atom is 0.262 e. The molecule has 0 amide bonds. The Morgan fingerprint density at radius 3 is 2.77 bits per heavy atom. The van der Waals surface area contributed by atoms with Crippen molar-refractivity contribution in [3.8, 4) is 6.07 Å². The summed E-state index contributed by atoms with van der Waals surface area (Å²) in [5.41, 5.74) is 1.48. The molecular formula is C22H25F3N6. The minimum atomic E-state index is -2.69. The van der Waals surface area contributed by atoms with Gasteiger partial charge in [-0.05, 0) is 51.3 Å². The molecule has 2 fully saturated rings. The van der Waals surface area contributed by atoms with Crippen molar-refractivity contribution >= 4 is 17.5 Å². The number of piperidine rings is 1. The summed E-state index contributed by atoms with van der Waals surface area (Å²) in [5.74, 6) is -3.08. The third-order valence-corrected chi connectivity index (χ3v) is 6.24. The minimum absolute atomic E-state index is 0.0330. The zero-order chi connectivity index (χ0) is 22.4. The first-order valence-corrected chi connectivity index (χ1v) is 10.3. The van der Waals surface area contributed by atoms with Crippen LogP contribution in [0, 0.1) is 24.1 Å². The fourth-order valence-electron chi connectivity index (χ4n) is 4.79. The number of rotatable bonds is 4. The summed E-state index contributed by atoms with van der Waals surface area (Å²) in [7, 11) is 0. The van der Waals surface area contributed by atoms with Crippen LogP contribution in [0.5, 0.6) is 0 Å². The first-order chi connectivity index (χ1) is 14.6. The second-order valence-corrected chi connectivity index (χ2v) is 9.04. The van der Waals surface area contributed by atoms with Gasteiger partial charge in [0.2, 0.25) is 5.95 Å². The zero-order valence-electron chi connectivity index (χ0n) is 17.7. The van der Waals surface area contributed by atoms with E-state index in [2.05, 4.69) is 26.7 Å². The molecular weight excluding hydrogens is 405 g/mol. The van der Waals surface area contributed by atoms with Crippen molar-refractivity contribution in [2.24, 2.45) is 0 Å². The fourth-order valence-corrected chi connectivity index (χ4v) is 4.79. The van der Waals surface area contributed by atoms with Gasteiger partial charge in [-0.25, -0.2) is 18.2 Å². The summed E-state index contributed by atoms with van der Waals surface area (Å²) < 4.78 is 42.4. The number of hydrogen-bond donors (Lipinski definition) is 2. The molecule has 164 valence electrons. The Bertz CT molecular complexity index is 1030. The molecule has 3 heterocycles. The van der Waals surface area contributed by atoms with E-state index >= 15 is 0 Å². The molecule has 0 saturated carbocycles. The van der Waals surface area contributed by atoms with Crippen LogP contribution in [-0.4, -0.2) is 45.0 Å². The lowest BCUT2D eigenvalue weighted by Crippen LogP contribution is -2.55. The van der Waals surface area contributed by atoms with E-state index in [-0.39, 0.29) is 36.8 Å². The van der Waals surface area contributed by atoms with E-state index in [0.29, 0.717) is 24.1 Å². The number of nitriles is 1. The zero-order valence-corrected chi connectivity index (χ0v) is 17.7. The molecule has 0 radical (unpaired) electrons. The highest BCUT2D eigenvalue weighted by Gasteiger charge is 2.53. The van der Waals surface area contributed by atoms with E-state index in [0.717, 1.165) is 11.8 Å². The molecule has 2 aliphatic rings. The van der Waals surface area contributed by atoms with Gasteiger partial charge in [0.05, 0.1) is 24.4 Å². The molecule has 4 rings (SSSR count). The van der Waals surface area contributed by atoms with Gasteiger partial charge in [-0.2, -0.15) is 10.2 Å². The van der Waals surface area contributed by atoms with Gasteiger partial charge in [0.1, 0.15) is 0 Å². The van der Waals surface area contributed by atoms with Crippen molar-refractivity contribution in [3.05, 3.63) is 41.3 Å². The third-order valence-electron chi connectivity index (χ3n) is 6.24. The number of alkyl halides is 2. The molecule has 6 nitrogen and oxygen atoms in total. The number of nitrogens with one attached hydrogen (secondary N) is 2. The number of nitrogens with zero attached hydrogens (tertiary/aromatic N) is 4. The summed E-state index contributed by atoms with van der Waals surface area (Å²) in [4.78, 5) is 10.1. The van der Waals surface area contributed by atoms with Gasteiger partial charge in [-0.1, -0.05) is 6.07 Å². The van der Waals surface area contributed by atoms with Crippen LogP contribution in [-0.2, 0) is 0 Å². The van der Waals surface area contributed by atoms with Crippen molar-refractivity contribution in [1.82, 2.24) is 14.9 Å². The van der Waals surface area contributed by atoms with Crippen LogP contribution in [0.4, 0.5) is 30.6 Å². The molecule has 2 saturated heterocycles. The smallest absolute Gasteiger partial charge is 0.262 e. The minimum Gasteiger partial charge on any atom is -0.365 e. The van der Waals surface area contributed by atoms with E-state index in [1.165, 1.54) is 0 Å². The highest BCUT2D eigenvalue weighted by atomic mass is 19.3. The maximum absolute atomic E-state index is 14.5. The first-order valence-electron chi connectivity index (χ1n) is 10.3. The van der Waals surface area contributed by atoms with Gasteiger partial charge in [-0.3, -0.25) is 4.90 Å². The van der Waals surface area contributed by atoms with Crippen LogP contribution in [0.25, 0.3) is 0 Å². The average molecular weight is 430 g/mol. The fraction of sp³-hybridized carbons (Fsp3) is 0.500. The van der Waals surface area contributed by atoms with Gasteiger partial charge in [-0.15, -0.1) is 0 Å². The van der Waals surface area contributed by atoms with Crippen molar-refractivity contribution in [1.29, 1.82) is 5.26 Å². The second-order valence-electron chi connectivity index (χ2n) is 9.04. The van der Waals surface area contributed by atoms with Gasteiger partial charge < -0.3 is 10.6 Å². The number of hydrogen-bond acceptors (Lipinski definition) is 6. The van der Waals surface area contributed by atoms with E-state index < -0.39 is 17.3 Å². The van der Waals surface area contributed by atoms with Crippen LogP contribution in [0.15, 0.2) is 24.4 Å². The average Bonchev–Trinajstić information content (AvgIpc) is 3.01. The summed E-state index contributed by atoms with van der Waals surface area (Å²) in [6.07, 6.45) is 1.98. The molecule has 1 aromatic heterocycles. The van der Waals surface area contributed by atoms with Gasteiger partial charge >= 0.3 is 0 Å². The Balaban J connectivity index is 1.53. The lowest BCUT2D eigenvalue weighted by atomic mass is 9.84. The van der Waals surface area contributed by atoms with Gasteiger partial charge in [0.25, 0.3) is 5.92 Å². The quantitative estimate of drug-likeness (QED) is 0.738. The van der Waals surface area contributed by atoms with Crippen molar-refractivity contribution in [2.75, 3.05) is 17.2 Å². The predicted molar refractivity (Wildman–Crippen MR) is 112 cm³/mol. The van der Waals surface area contributed by atoms with Crippen LogP contribution < -0.4 is 10.6 Å². The van der Waals surface area contributed by atoms with E-state index in [4.69, 9.17) is 0 Å². The molecule has 0 unspecified atom stereocenters. The molecule has 2 atom stereocenters. The lowest BCUT2D eigenvalue weighted by molar-refractivity contribution is -0.00687. The molecule has 0 spiro atoms. The van der Waals surface area contributed by atoms with Crippen molar-refractivity contribution < 1.29 is 13.2 Å². The van der Waals surface area contributed by atoms with E-state index in [1.807, 2.05) is 18.7 Å². The Morgan fingerprint density at radius 2 is 2.03 bits per heavy atom. The second kappa shape index (κ2) is 7.68. The summed E-state index contributed by atoms with van der Waals surface area (Å²) in [6.45, 7) is 5.47. The Morgan fingerprint density at radius 1 is 1.26 bits per heavy atom. The molecule has 2 N–H and O–H groups in total. The molecule has 9 heteroatoms. The van der Waals surface area contributed by atoms with Gasteiger partial charge in [0, 0.05) is 29.7 Å². The highest BCUT2D eigenvalue weighted by Crippen LogP contribution is 2.44. The molecule has 0 aliphatic carbocycles. The molecule has 1 aromatic carbocycles. The van der Waals surface area contributed by atoms with Crippen LogP contribution >= 0.6 is 0 Å². The first kappa shape index (κ1) is 21.4. The Hall–Kier alpha value is -2.86. The third kappa shape index (κ3) is 4.30. The van der Waals surface area contributed by atoms with E-state index in [9.17, 15) is 18.4 Å². The monoisotopic (exact) mass is 430 g/mol. The molecule has 31 heavy (non-hydrogen) atoms. The number of fused-ring (bicyclic) bond motifs is 1. The Kier molecular flexibility index (Phi) is 5.30. The van der Waals surface area contributed by atoms with Crippen LogP contribution in [0.3, 0.4) is 0 Å². The van der Waals surface area contributed by atoms with Crippen molar-refractivity contribution in [3.63, 3.8) is 0 Å². The maximum atomic E-state index is 14.5. The largest absolute Gasteiger partial charge is 0.365 e. The standard InChI is InChI=1S/C22H25F3N6/c1-13-14(10-26)5-4-6-18(13)29-20-27-11-17(23)19(30-20)28-15-7-16-9-22(24,25)12-31(16)21(2,3)8-15/h4-6,11,15-16H,7-9,12H2,1-3H3,(H2,27,28,29,30)/t15-,16+/m0/s1. The lowest BCUT2D eigenvalue weighted by Gasteiger charge is -2.47. The number of benzene rings is 1. The summed E-state index contributed by atoms with van der Waals surface area (Å²) in [5, 5.41) is 15.3. The van der Waals surface area contributed by atoms with Gasteiger partial charge in [0.15, 0.2) is 11.6 Å². The predicted octanol–water partition coefficient (Wildman–Crippen LogP) is 4.60. The molecule has 0 bridgehead atoms. The summed E-state index contributed by atoms with van der Waals surface area (Å²) in [6, 6.07) is 6.91. The van der Waals surface area contributed by atoms with Crippen LogP contribution in [0.2, 0.25) is 0 Å². The van der Waals surface area contributed by atoms with E-state index in [1.54, 1.807) is 25.1 Å². The topological polar surface area (TPSA) is 76.9 Å².